The van der Waals surface area contributed by atoms with Gasteiger partial charge >= 0.3 is 11.7 Å². The molecular weight excluding hydrogens is 230 g/mol. The number of hydrogen-bond donors (Lipinski definition) is 0. The van der Waals surface area contributed by atoms with Gasteiger partial charge in [0, 0.05) is 12.1 Å². The van der Waals surface area contributed by atoms with Crippen LogP contribution in [0.2, 0.25) is 0 Å². The first-order chi connectivity index (χ1) is 8.04. The number of rotatable bonds is 4. The number of benzene rings is 1. The van der Waals surface area contributed by atoms with Gasteiger partial charge in [-0.1, -0.05) is 0 Å². The van der Waals surface area contributed by atoms with Crippen LogP contribution in [0.3, 0.4) is 0 Å². The number of ether oxygens (including phenoxy) is 3. The Morgan fingerprint density at radius 1 is 1.18 bits per heavy atom. The summed E-state index contributed by atoms with van der Waals surface area (Å²) < 4.78 is 14.2. The third-order valence-corrected chi connectivity index (χ3v) is 2.08. The molecular formula is C10H11NO6. The lowest BCUT2D eigenvalue weighted by atomic mass is 10.1. The highest BCUT2D eigenvalue weighted by atomic mass is 16.6. The van der Waals surface area contributed by atoms with Crippen LogP contribution in [0.4, 0.5) is 5.69 Å². The van der Waals surface area contributed by atoms with Gasteiger partial charge < -0.3 is 14.2 Å². The maximum Gasteiger partial charge on any atom is 0.352 e. The lowest BCUT2D eigenvalue weighted by molar-refractivity contribution is -0.386. The summed E-state index contributed by atoms with van der Waals surface area (Å²) in [5.74, 6) is -0.749. The van der Waals surface area contributed by atoms with Crippen LogP contribution in [0, 0.1) is 10.1 Å². The molecule has 0 bridgehead atoms. The highest BCUT2D eigenvalue weighted by Gasteiger charge is 2.25. The average molecular weight is 241 g/mol. The largest absolute Gasteiger partial charge is 0.490 e. The second-order valence-corrected chi connectivity index (χ2v) is 2.98. The van der Waals surface area contributed by atoms with Crippen LogP contribution >= 0.6 is 0 Å². The van der Waals surface area contributed by atoms with Gasteiger partial charge in [0.25, 0.3) is 0 Å². The first-order valence-electron chi connectivity index (χ1n) is 4.53. The van der Waals surface area contributed by atoms with Crippen LogP contribution in [0.15, 0.2) is 12.1 Å². The number of nitro benzene ring substituents is 1. The van der Waals surface area contributed by atoms with Gasteiger partial charge in [-0.3, -0.25) is 10.1 Å². The monoisotopic (exact) mass is 241 g/mol. The molecule has 0 N–H and O–H groups in total. The summed E-state index contributed by atoms with van der Waals surface area (Å²) in [6, 6.07) is 2.46. The molecule has 0 saturated heterocycles. The summed E-state index contributed by atoms with van der Waals surface area (Å²) in [7, 11) is 3.74. The van der Waals surface area contributed by atoms with E-state index in [0.29, 0.717) is 0 Å². The lowest BCUT2D eigenvalue weighted by Crippen LogP contribution is -2.05. The molecule has 1 aromatic carbocycles. The summed E-state index contributed by atoms with van der Waals surface area (Å²) in [4.78, 5) is 21.5. The van der Waals surface area contributed by atoms with Gasteiger partial charge in [0.1, 0.15) is 0 Å². The zero-order chi connectivity index (χ0) is 13.0. The van der Waals surface area contributed by atoms with Gasteiger partial charge in [-0.05, 0) is 0 Å². The highest BCUT2D eigenvalue weighted by molar-refractivity contribution is 5.91. The van der Waals surface area contributed by atoms with E-state index in [0.717, 1.165) is 0 Å². The van der Waals surface area contributed by atoms with E-state index in [1.165, 1.54) is 33.5 Å². The molecule has 1 aromatic rings. The summed E-state index contributed by atoms with van der Waals surface area (Å²) >= 11 is 0. The van der Waals surface area contributed by atoms with Crippen molar-refractivity contribution < 1.29 is 23.9 Å². The van der Waals surface area contributed by atoms with Crippen LogP contribution in [-0.2, 0) is 4.74 Å². The molecule has 0 amide bonds. The van der Waals surface area contributed by atoms with Gasteiger partial charge in [-0.25, -0.2) is 4.79 Å². The molecule has 0 saturated carbocycles. The van der Waals surface area contributed by atoms with Crippen molar-refractivity contribution in [2.45, 2.75) is 0 Å². The van der Waals surface area contributed by atoms with Gasteiger partial charge in [0.05, 0.1) is 31.8 Å². The number of carbonyl (C=O) groups is 1. The third kappa shape index (κ3) is 2.44. The van der Waals surface area contributed by atoms with Gasteiger partial charge in [-0.15, -0.1) is 0 Å². The van der Waals surface area contributed by atoms with Gasteiger partial charge in [-0.2, -0.15) is 0 Å². The number of esters is 1. The minimum atomic E-state index is -0.640. The van der Waals surface area contributed by atoms with Crippen LogP contribution in [0.1, 0.15) is 10.4 Å². The van der Waals surface area contributed by atoms with Gasteiger partial charge in [0.2, 0.25) is 11.5 Å². The molecule has 0 aromatic heterocycles. The van der Waals surface area contributed by atoms with Crippen molar-refractivity contribution in [2.75, 3.05) is 21.3 Å². The van der Waals surface area contributed by atoms with E-state index in [2.05, 4.69) is 4.74 Å². The van der Waals surface area contributed by atoms with Crippen LogP contribution < -0.4 is 9.47 Å². The normalized spacial score (nSPS) is 9.59. The van der Waals surface area contributed by atoms with Crippen molar-refractivity contribution in [3.63, 3.8) is 0 Å². The fourth-order valence-electron chi connectivity index (χ4n) is 1.31. The van der Waals surface area contributed by atoms with E-state index >= 15 is 0 Å². The molecule has 7 heteroatoms. The van der Waals surface area contributed by atoms with Crippen molar-refractivity contribution in [2.24, 2.45) is 0 Å². The predicted molar refractivity (Wildman–Crippen MR) is 57.5 cm³/mol. The molecule has 0 aliphatic rings. The van der Waals surface area contributed by atoms with Crippen LogP contribution in [0.25, 0.3) is 0 Å². The molecule has 0 heterocycles. The Bertz CT molecular complexity index is 431. The maximum atomic E-state index is 11.3. The zero-order valence-corrected chi connectivity index (χ0v) is 9.55. The Balaban J connectivity index is 3.44. The molecule has 17 heavy (non-hydrogen) atoms. The smallest absolute Gasteiger partial charge is 0.352 e. The van der Waals surface area contributed by atoms with E-state index in [-0.39, 0.29) is 22.7 Å². The molecule has 0 aliphatic carbocycles. The Morgan fingerprint density at radius 2 is 1.65 bits per heavy atom. The second kappa shape index (κ2) is 5.15. The number of hydrogen-bond acceptors (Lipinski definition) is 6. The van der Waals surface area contributed by atoms with E-state index < -0.39 is 10.9 Å². The molecule has 0 spiro atoms. The Kier molecular flexibility index (Phi) is 3.86. The number of nitro groups is 1. The highest BCUT2D eigenvalue weighted by Crippen LogP contribution is 2.37. The fourth-order valence-corrected chi connectivity index (χ4v) is 1.31. The molecule has 0 atom stereocenters. The van der Waals surface area contributed by atoms with E-state index in [4.69, 9.17) is 9.47 Å². The van der Waals surface area contributed by atoms with Crippen LogP contribution in [-0.4, -0.2) is 32.2 Å². The minimum absolute atomic E-state index is 0.0604. The minimum Gasteiger partial charge on any atom is -0.490 e. The Hall–Kier alpha value is -2.31. The van der Waals surface area contributed by atoms with Crippen molar-refractivity contribution >= 4 is 11.7 Å². The lowest BCUT2D eigenvalue weighted by Gasteiger charge is -2.08. The van der Waals surface area contributed by atoms with E-state index in [1.807, 2.05) is 0 Å². The third-order valence-electron chi connectivity index (χ3n) is 2.08. The molecule has 0 unspecified atom stereocenters. The maximum absolute atomic E-state index is 11.3. The van der Waals surface area contributed by atoms with Crippen LogP contribution in [0.5, 0.6) is 11.5 Å². The molecule has 7 nitrogen and oxygen atoms in total. The molecule has 0 aliphatic heterocycles. The quantitative estimate of drug-likeness (QED) is 0.449. The molecule has 0 radical (unpaired) electrons. The summed E-state index contributed by atoms with van der Waals surface area (Å²) in [6.07, 6.45) is 0. The number of carbonyl (C=O) groups excluding carboxylic acids is 1. The number of nitrogens with zero attached hydrogens (tertiary/aromatic N) is 1. The first-order valence-corrected chi connectivity index (χ1v) is 4.53. The Morgan fingerprint density at radius 3 is 1.94 bits per heavy atom. The molecule has 1 rings (SSSR count). The topological polar surface area (TPSA) is 87.9 Å². The van der Waals surface area contributed by atoms with Crippen molar-refractivity contribution in [1.29, 1.82) is 0 Å². The van der Waals surface area contributed by atoms with Crippen molar-refractivity contribution in [3.8, 4) is 11.5 Å². The number of methoxy groups -OCH3 is 3. The van der Waals surface area contributed by atoms with Crippen molar-refractivity contribution in [1.82, 2.24) is 0 Å². The average Bonchev–Trinajstić information content (AvgIpc) is 2.35. The van der Waals surface area contributed by atoms with E-state index in [1.54, 1.807) is 0 Å². The SMILES string of the molecule is COC(=O)c1cc(OC)c([N+](=O)[O-])c(OC)c1. The van der Waals surface area contributed by atoms with Gasteiger partial charge in [0.15, 0.2) is 0 Å². The zero-order valence-electron chi connectivity index (χ0n) is 9.55. The molecule has 0 fully saturated rings. The predicted octanol–water partition coefficient (Wildman–Crippen LogP) is 1.40. The summed E-state index contributed by atoms with van der Waals surface area (Å²) in [6.45, 7) is 0. The summed E-state index contributed by atoms with van der Waals surface area (Å²) in [5.41, 5.74) is -0.213. The van der Waals surface area contributed by atoms with Crippen molar-refractivity contribution in [3.05, 3.63) is 27.8 Å². The fraction of sp³-hybridized carbons (Fsp3) is 0.300. The Labute approximate surface area is 97.0 Å². The summed E-state index contributed by atoms with van der Waals surface area (Å²) in [5, 5.41) is 10.8. The standard InChI is InChI=1S/C10H11NO6/c1-15-7-4-6(10(12)17-3)5-8(16-2)9(7)11(13)14/h4-5H,1-3H3. The second-order valence-electron chi connectivity index (χ2n) is 2.98. The molecule has 92 valence electrons. The first kappa shape index (κ1) is 12.8. The van der Waals surface area contributed by atoms with E-state index in [9.17, 15) is 14.9 Å².